The molecule has 0 atom stereocenters. The maximum absolute atomic E-state index is 10.0. The van der Waals surface area contributed by atoms with Crippen molar-refractivity contribution < 1.29 is 34.4 Å². The number of nitrogens with zero attached hydrogens (tertiary/aromatic N) is 2. The summed E-state index contributed by atoms with van der Waals surface area (Å²) >= 11 is 0. The monoisotopic (exact) mass is 714 g/mol. The molecule has 0 bridgehead atoms. The quantitative estimate of drug-likeness (QED) is 0.110. The van der Waals surface area contributed by atoms with Gasteiger partial charge in [0.25, 0.3) is 0 Å². The van der Waals surface area contributed by atoms with E-state index in [0.29, 0.717) is 0 Å². The summed E-state index contributed by atoms with van der Waals surface area (Å²) in [6, 6.07) is 31.3. The van der Waals surface area contributed by atoms with Gasteiger partial charge in [-0.2, -0.15) is 0 Å². The SMILES string of the molecule is CC(=O)/C=C(/C)O.Cc1ccnc(-c2[c-]cc3c(c2)c2cccc4c5cc6oc7ccccc7c6cc5n3c24)c1.[Ir]. The van der Waals surface area contributed by atoms with Crippen LogP contribution in [-0.4, -0.2) is 20.3 Å². The number of allylic oxidation sites excluding steroid dienone is 2. The van der Waals surface area contributed by atoms with Crippen LogP contribution in [0.4, 0.5) is 0 Å². The number of carbonyl (C=O) groups is 1. The Labute approximate surface area is 249 Å². The molecule has 0 saturated heterocycles. The maximum Gasteiger partial charge on any atom is 0.155 e. The molecular formula is C35H25IrN2O3-. The molecule has 1 radical (unpaired) electrons. The molecule has 0 saturated carbocycles. The minimum atomic E-state index is -0.125. The summed E-state index contributed by atoms with van der Waals surface area (Å²) < 4.78 is 8.58. The largest absolute Gasteiger partial charge is 0.512 e. The number of pyridine rings is 1. The molecule has 0 amide bonds. The van der Waals surface area contributed by atoms with Gasteiger partial charge in [-0.05, 0) is 61.6 Å². The molecule has 0 aliphatic heterocycles. The van der Waals surface area contributed by atoms with Gasteiger partial charge in [-0.15, -0.1) is 23.8 Å². The smallest absolute Gasteiger partial charge is 0.155 e. The molecule has 5 nitrogen and oxygen atoms in total. The molecular weight excluding hydrogens is 689 g/mol. The summed E-state index contributed by atoms with van der Waals surface area (Å²) in [5.74, 6) is -0.0625. The van der Waals surface area contributed by atoms with Crippen LogP contribution < -0.4 is 0 Å². The standard InChI is InChI=1S/C30H17N2O.C5H8O2.Ir/c1-17-11-12-31-25(13-17)18-9-10-26-22(14-18)20-6-4-7-21-23-16-29-24(15-27(23)32(26)30(20)21)19-5-2-3-8-28(19)33-29;1-4(6)3-5(2)7;/h2-8,10-16H,1H3;3,6H,1-2H3;/q-1;;/b;4-3-;. The molecule has 0 spiro atoms. The van der Waals surface area contributed by atoms with E-state index in [-0.39, 0.29) is 31.6 Å². The number of hydrogen-bond donors (Lipinski definition) is 1. The predicted molar refractivity (Wildman–Crippen MR) is 162 cm³/mol. The Balaban J connectivity index is 0.000000340. The number of furan rings is 1. The van der Waals surface area contributed by atoms with Crippen LogP contribution >= 0.6 is 0 Å². The molecule has 6 heteroatoms. The second kappa shape index (κ2) is 10.2. The number of aryl methyl sites for hydroxylation is 1. The summed E-state index contributed by atoms with van der Waals surface area (Å²) in [5, 5.41) is 15.6. The fraction of sp³-hybridized carbons (Fsp3) is 0.0857. The van der Waals surface area contributed by atoms with E-state index in [9.17, 15) is 4.79 Å². The molecule has 203 valence electrons. The van der Waals surface area contributed by atoms with Crippen molar-refractivity contribution in [3.05, 3.63) is 109 Å². The summed E-state index contributed by atoms with van der Waals surface area (Å²) in [6.45, 7) is 4.94. The number of ketones is 1. The average Bonchev–Trinajstić information content (AvgIpc) is 3.57. The van der Waals surface area contributed by atoms with E-state index in [0.717, 1.165) is 33.2 Å². The van der Waals surface area contributed by atoms with E-state index >= 15 is 0 Å². The van der Waals surface area contributed by atoms with Gasteiger partial charge < -0.3 is 18.9 Å². The van der Waals surface area contributed by atoms with E-state index in [1.54, 1.807) is 0 Å². The van der Waals surface area contributed by atoms with E-state index in [4.69, 9.17) is 9.52 Å². The zero-order valence-corrected chi connectivity index (χ0v) is 25.0. The van der Waals surface area contributed by atoms with Gasteiger partial charge in [-0.1, -0.05) is 53.4 Å². The Bertz CT molecular complexity index is 2290. The van der Waals surface area contributed by atoms with Crippen LogP contribution in [0.5, 0.6) is 0 Å². The molecule has 4 heterocycles. The first kappa shape index (κ1) is 26.7. The Morgan fingerprint density at radius 1 is 0.854 bits per heavy atom. The summed E-state index contributed by atoms with van der Waals surface area (Å²) in [7, 11) is 0. The molecule has 4 aromatic heterocycles. The fourth-order valence-corrected chi connectivity index (χ4v) is 5.76. The Kier molecular flexibility index (Phi) is 6.61. The number of para-hydroxylation sites is 2. The van der Waals surface area contributed by atoms with Gasteiger partial charge in [0.1, 0.15) is 11.2 Å². The third kappa shape index (κ3) is 4.37. The Hall–Kier alpha value is -4.51. The van der Waals surface area contributed by atoms with E-state index in [1.807, 2.05) is 24.4 Å². The van der Waals surface area contributed by atoms with Gasteiger partial charge >= 0.3 is 0 Å². The van der Waals surface area contributed by atoms with Crippen molar-refractivity contribution >= 4 is 65.8 Å². The van der Waals surface area contributed by atoms with Crippen LogP contribution in [0.25, 0.3) is 71.3 Å². The molecule has 0 fully saturated rings. The minimum absolute atomic E-state index is 0. The number of benzene rings is 4. The van der Waals surface area contributed by atoms with E-state index < -0.39 is 0 Å². The van der Waals surface area contributed by atoms with Crippen LogP contribution in [0.1, 0.15) is 19.4 Å². The first-order valence-corrected chi connectivity index (χ1v) is 13.1. The molecule has 41 heavy (non-hydrogen) atoms. The Morgan fingerprint density at radius 2 is 1.59 bits per heavy atom. The summed E-state index contributed by atoms with van der Waals surface area (Å²) in [6.07, 6.45) is 3.03. The number of aliphatic hydroxyl groups excluding tert-OH is 1. The zero-order valence-electron chi connectivity index (χ0n) is 22.7. The predicted octanol–water partition coefficient (Wildman–Crippen LogP) is 8.94. The van der Waals surface area contributed by atoms with Gasteiger partial charge in [0.2, 0.25) is 0 Å². The molecule has 0 unspecified atom stereocenters. The number of aliphatic hydroxyl groups is 1. The Morgan fingerprint density at radius 3 is 2.29 bits per heavy atom. The minimum Gasteiger partial charge on any atom is -0.512 e. The fourth-order valence-electron chi connectivity index (χ4n) is 5.76. The maximum atomic E-state index is 10.0. The topological polar surface area (TPSA) is 67.7 Å². The number of fused-ring (bicyclic) bond motifs is 9. The van der Waals surface area contributed by atoms with Crippen LogP contribution in [0.3, 0.4) is 0 Å². The van der Waals surface area contributed by atoms with Gasteiger partial charge in [-0.25, -0.2) is 0 Å². The number of aromatic nitrogens is 2. The van der Waals surface area contributed by atoms with Gasteiger partial charge in [0.05, 0.1) is 11.3 Å². The second-order valence-electron chi connectivity index (χ2n) is 10.3. The summed E-state index contributed by atoms with van der Waals surface area (Å²) in [5.41, 5.74) is 8.65. The van der Waals surface area contributed by atoms with Crippen molar-refractivity contribution in [1.82, 2.24) is 9.38 Å². The molecule has 0 aliphatic rings. The number of hydrogen-bond acceptors (Lipinski definition) is 4. The van der Waals surface area contributed by atoms with Gasteiger partial charge in [-0.3, -0.25) is 4.79 Å². The van der Waals surface area contributed by atoms with Crippen molar-refractivity contribution in [3.8, 4) is 11.3 Å². The summed E-state index contributed by atoms with van der Waals surface area (Å²) in [4.78, 5) is 14.6. The molecule has 8 aromatic rings. The third-order valence-corrected chi connectivity index (χ3v) is 7.35. The van der Waals surface area contributed by atoms with Crippen molar-refractivity contribution in [3.63, 3.8) is 0 Å². The number of carbonyl (C=O) groups excluding carboxylic acids is 1. The molecule has 8 rings (SSSR count). The zero-order chi connectivity index (χ0) is 27.5. The third-order valence-electron chi connectivity index (χ3n) is 7.35. The number of rotatable bonds is 2. The van der Waals surface area contributed by atoms with Crippen LogP contribution in [0, 0.1) is 13.0 Å². The first-order chi connectivity index (χ1) is 19.4. The first-order valence-electron chi connectivity index (χ1n) is 13.1. The second-order valence-corrected chi connectivity index (χ2v) is 10.3. The van der Waals surface area contributed by atoms with Crippen molar-refractivity contribution in [2.45, 2.75) is 20.8 Å². The van der Waals surface area contributed by atoms with E-state index in [1.165, 1.54) is 63.6 Å². The van der Waals surface area contributed by atoms with Crippen molar-refractivity contribution in [1.29, 1.82) is 0 Å². The van der Waals surface area contributed by atoms with Crippen LogP contribution in [0.2, 0.25) is 0 Å². The van der Waals surface area contributed by atoms with E-state index in [2.05, 4.69) is 83.0 Å². The molecule has 4 aromatic carbocycles. The molecule has 0 aliphatic carbocycles. The normalized spacial score (nSPS) is 11.9. The average molecular weight is 714 g/mol. The van der Waals surface area contributed by atoms with Crippen LogP contribution in [-0.2, 0) is 24.9 Å². The van der Waals surface area contributed by atoms with Crippen LogP contribution in [0.15, 0.2) is 101 Å². The van der Waals surface area contributed by atoms with Gasteiger partial charge in [0, 0.05) is 59.4 Å². The van der Waals surface area contributed by atoms with Gasteiger partial charge in [0.15, 0.2) is 5.78 Å². The van der Waals surface area contributed by atoms with Crippen molar-refractivity contribution in [2.24, 2.45) is 0 Å². The molecule has 1 N–H and O–H groups in total. The van der Waals surface area contributed by atoms with Crippen molar-refractivity contribution in [2.75, 3.05) is 0 Å².